The topological polar surface area (TPSA) is 52.8 Å². The van der Waals surface area contributed by atoms with Crippen LogP contribution in [0, 0.1) is 11.3 Å². The largest absolute Gasteiger partial charge is 0.345 e. The van der Waals surface area contributed by atoms with E-state index < -0.39 is 0 Å². The van der Waals surface area contributed by atoms with E-state index in [1.807, 2.05) is 43.4 Å². The van der Waals surface area contributed by atoms with E-state index in [1.54, 1.807) is 4.90 Å². The van der Waals surface area contributed by atoms with Gasteiger partial charge in [0.2, 0.25) is 0 Å². The van der Waals surface area contributed by atoms with E-state index >= 15 is 0 Å². The van der Waals surface area contributed by atoms with Crippen molar-refractivity contribution >= 4 is 21.7 Å². The maximum absolute atomic E-state index is 8.62. The molecule has 5 heteroatoms. The second-order valence-electron chi connectivity index (χ2n) is 3.80. The van der Waals surface area contributed by atoms with Crippen LogP contribution < -0.4 is 4.90 Å². The fourth-order valence-corrected chi connectivity index (χ4v) is 1.92. The molecule has 0 atom stereocenters. The molecule has 0 saturated carbocycles. The minimum absolute atomic E-state index is 0.297. The number of anilines is 1. The lowest BCUT2D eigenvalue weighted by Gasteiger charge is -2.13. The first-order valence-electron chi connectivity index (χ1n) is 5.38. The smallest absolute Gasteiger partial charge is 0.151 e. The predicted octanol–water partition coefficient (Wildman–Crippen LogP) is 2.87. The Morgan fingerprint density at radius 3 is 2.72 bits per heavy atom. The highest BCUT2D eigenvalue weighted by atomic mass is 79.9. The summed E-state index contributed by atoms with van der Waals surface area (Å²) < 4.78 is 1.01. The van der Waals surface area contributed by atoms with Gasteiger partial charge in [-0.3, -0.25) is 0 Å². The van der Waals surface area contributed by atoms with Gasteiger partial charge in [-0.25, -0.2) is 0 Å². The van der Waals surface area contributed by atoms with Crippen LogP contribution in [-0.2, 0) is 0 Å². The van der Waals surface area contributed by atoms with Gasteiger partial charge in [-0.15, -0.1) is 10.2 Å². The summed E-state index contributed by atoms with van der Waals surface area (Å²) in [6.07, 6.45) is 0. The highest BCUT2D eigenvalue weighted by molar-refractivity contribution is 9.10. The second kappa shape index (κ2) is 5.61. The SMILES string of the molecule is CN(CC#N)c1ccc(-c2cccc(Br)c2)nn1. The van der Waals surface area contributed by atoms with Gasteiger partial charge in [0.25, 0.3) is 0 Å². The summed E-state index contributed by atoms with van der Waals surface area (Å²) in [7, 11) is 1.81. The van der Waals surface area contributed by atoms with Gasteiger partial charge in [0.05, 0.1) is 11.8 Å². The van der Waals surface area contributed by atoms with Gasteiger partial charge in [0.1, 0.15) is 6.54 Å². The van der Waals surface area contributed by atoms with Crippen LogP contribution in [0.4, 0.5) is 5.82 Å². The second-order valence-corrected chi connectivity index (χ2v) is 4.72. The molecule has 2 aromatic rings. The summed E-state index contributed by atoms with van der Waals surface area (Å²) in [6, 6.07) is 13.7. The van der Waals surface area contributed by atoms with Crippen molar-refractivity contribution in [2.24, 2.45) is 0 Å². The van der Waals surface area contributed by atoms with Crippen LogP contribution in [0.5, 0.6) is 0 Å². The molecular weight excluding hydrogens is 292 g/mol. The molecule has 0 unspecified atom stereocenters. The molecule has 0 radical (unpaired) electrons. The third-order valence-corrected chi connectivity index (χ3v) is 2.96. The fourth-order valence-electron chi connectivity index (χ4n) is 1.52. The van der Waals surface area contributed by atoms with Crippen molar-refractivity contribution in [2.45, 2.75) is 0 Å². The van der Waals surface area contributed by atoms with E-state index in [4.69, 9.17) is 5.26 Å². The first-order valence-corrected chi connectivity index (χ1v) is 6.18. The maximum Gasteiger partial charge on any atom is 0.151 e. The van der Waals surface area contributed by atoms with Crippen LogP contribution in [-0.4, -0.2) is 23.8 Å². The van der Waals surface area contributed by atoms with Crippen LogP contribution >= 0.6 is 15.9 Å². The van der Waals surface area contributed by atoms with Crippen molar-refractivity contribution in [1.82, 2.24) is 10.2 Å². The Balaban J connectivity index is 2.25. The van der Waals surface area contributed by atoms with Gasteiger partial charge in [-0.1, -0.05) is 28.1 Å². The summed E-state index contributed by atoms with van der Waals surface area (Å²) in [5, 5.41) is 16.9. The molecule has 1 heterocycles. The van der Waals surface area contributed by atoms with E-state index in [0.717, 1.165) is 15.7 Å². The Morgan fingerprint density at radius 1 is 1.28 bits per heavy atom. The van der Waals surface area contributed by atoms with Crippen LogP contribution in [0.25, 0.3) is 11.3 Å². The zero-order valence-corrected chi connectivity index (χ0v) is 11.4. The molecular formula is C13H11BrN4. The van der Waals surface area contributed by atoms with Crippen molar-refractivity contribution in [2.75, 3.05) is 18.5 Å². The molecule has 4 nitrogen and oxygen atoms in total. The average molecular weight is 303 g/mol. The van der Waals surface area contributed by atoms with E-state index in [0.29, 0.717) is 12.4 Å². The molecule has 0 fully saturated rings. The molecule has 0 bridgehead atoms. The Bertz CT molecular complexity index is 574. The predicted molar refractivity (Wildman–Crippen MR) is 74.1 cm³/mol. The molecule has 90 valence electrons. The minimum atomic E-state index is 0.297. The molecule has 0 aliphatic carbocycles. The molecule has 2 rings (SSSR count). The lowest BCUT2D eigenvalue weighted by Crippen LogP contribution is -2.18. The lowest BCUT2D eigenvalue weighted by atomic mass is 10.1. The molecule has 0 saturated heterocycles. The number of rotatable bonds is 3. The summed E-state index contributed by atoms with van der Waals surface area (Å²) in [5.74, 6) is 0.690. The number of hydrogen-bond acceptors (Lipinski definition) is 4. The van der Waals surface area contributed by atoms with Crippen molar-refractivity contribution in [3.63, 3.8) is 0 Å². The molecule has 1 aromatic carbocycles. The normalized spacial score (nSPS) is 9.83. The van der Waals surface area contributed by atoms with Crippen molar-refractivity contribution in [3.05, 3.63) is 40.9 Å². The monoisotopic (exact) mass is 302 g/mol. The molecule has 0 amide bonds. The first kappa shape index (κ1) is 12.5. The molecule has 0 N–H and O–H groups in total. The number of nitrogens with zero attached hydrogens (tertiary/aromatic N) is 4. The maximum atomic E-state index is 8.62. The van der Waals surface area contributed by atoms with Gasteiger partial charge >= 0.3 is 0 Å². The summed E-state index contributed by atoms with van der Waals surface area (Å²) in [5.41, 5.74) is 1.82. The highest BCUT2D eigenvalue weighted by Crippen LogP contribution is 2.21. The van der Waals surface area contributed by atoms with Crippen molar-refractivity contribution in [3.8, 4) is 17.3 Å². The van der Waals surface area contributed by atoms with Crippen LogP contribution in [0.3, 0.4) is 0 Å². The Kier molecular flexibility index (Phi) is 3.90. The third-order valence-electron chi connectivity index (χ3n) is 2.47. The summed E-state index contributed by atoms with van der Waals surface area (Å²) in [4.78, 5) is 1.75. The highest BCUT2D eigenvalue weighted by Gasteiger charge is 2.04. The number of hydrogen-bond donors (Lipinski definition) is 0. The van der Waals surface area contributed by atoms with Crippen LogP contribution in [0.1, 0.15) is 0 Å². The third kappa shape index (κ3) is 2.84. The van der Waals surface area contributed by atoms with E-state index in [1.165, 1.54) is 0 Å². The Labute approximate surface area is 114 Å². The van der Waals surface area contributed by atoms with Gasteiger partial charge < -0.3 is 4.90 Å². The first-order chi connectivity index (χ1) is 8.70. The fraction of sp³-hybridized carbons (Fsp3) is 0.154. The van der Waals surface area contributed by atoms with Crippen molar-refractivity contribution in [1.29, 1.82) is 5.26 Å². The zero-order valence-electron chi connectivity index (χ0n) is 9.84. The van der Waals surface area contributed by atoms with Gasteiger partial charge in [0.15, 0.2) is 5.82 Å². The average Bonchev–Trinajstić information content (AvgIpc) is 2.39. The molecule has 18 heavy (non-hydrogen) atoms. The lowest BCUT2D eigenvalue weighted by molar-refractivity contribution is 0.934. The zero-order chi connectivity index (χ0) is 13.0. The van der Waals surface area contributed by atoms with Crippen molar-refractivity contribution < 1.29 is 0 Å². The standard InChI is InChI=1S/C13H11BrN4/c1-18(8-7-15)13-6-5-12(16-17-13)10-3-2-4-11(14)9-10/h2-6,9H,8H2,1H3. The van der Waals surface area contributed by atoms with Gasteiger partial charge in [-0.05, 0) is 24.3 Å². The molecule has 0 aliphatic rings. The van der Waals surface area contributed by atoms with Crippen LogP contribution in [0.2, 0.25) is 0 Å². The van der Waals surface area contributed by atoms with E-state index in [-0.39, 0.29) is 0 Å². The van der Waals surface area contributed by atoms with Gasteiger partial charge in [0, 0.05) is 17.1 Å². The molecule has 0 aliphatic heterocycles. The number of benzene rings is 1. The summed E-state index contributed by atoms with van der Waals surface area (Å²) >= 11 is 3.43. The summed E-state index contributed by atoms with van der Waals surface area (Å²) in [6.45, 7) is 0.297. The minimum Gasteiger partial charge on any atom is -0.345 e. The number of aromatic nitrogens is 2. The quantitative estimate of drug-likeness (QED) is 0.818. The Hall–Kier alpha value is -1.93. The van der Waals surface area contributed by atoms with E-state index in [2.05, 4.69) is 32.2 Å². The molecule has 0 spiro atoms. The molecule has 1 aromatic heterocycles. The van der Waals surface area contributed by atoms with Crippen LogP contribution in [0.15, 0.2) is 40.9 Å². The van der Waals surface area contributed by atoms with Gasteiger partial charge in [-0.2, -0.15) is 5.26 Å². The number of halogens is 1. The number of nitriles is 1. The Morgan fingerprint density at radius 2 is 2.11 bits per heavy atom. The van der Waals surface area contributed by atoms with E-state index in [9.17, 15) is 0 Å².